The predicted molar refractivity (Wildman–Crippen MR) is 86.0 cm³/mol. The summed E-state index contributed by atoms with van der Waals surface area (Å²) in [6.45, 7) is 9.85. The van der Waals surface area contributed by atoms with Gasteiger partial charge in [0.1, 0.15) is 0 Å². The van der Waals surface area contributed by atoms with E-state index in [-0.39, 0.29) is 0 Å². The summed E-state index contributed by atoms with van der Waals surface area (Å²) in [5, 5.41) is 4.00. The molecule has 20 heavy (non-hydrogen) atoms. The quantitative estimate of drug-likeness (QED) is 0.837. The molecule has 0 aromatic rings. The molecule has 2 aliphatic carbocycles. The van der Waals surface area contributed by atoms with Crippen molar-refractivity contribution in [3.05, 3.63) is 0 Å². The summed E-state index contributed by atoms with van der Waals surface area (Å²) in [4.78, 5) is 2.95. The molecule has 1 aliphatic heterocycles. The molecule has 2 nitrogen and oxygen atoms in total. The minimum Gasteiger partial charge on any atom is -0.308 e. The summed E-state index contributed by atoms with van der Waals surface area (Å²) in [7, 11) is 0. The van der Waals surface area contributed by atoms with Crippen molar-refractivity contribution in [3.8, 4) is 0 Å². The third-order valence-corrected chi connectivity index (χ3v) is 6.43. The summed E-state index contributed by atoms with van der Waals surface area (Å²) in [6.07, 6.45) is 12.8. The van der Waals surface area contributed by atoms with Gasteiger partial charge in [0.2, 0.25) is 0 Å². The lowest BCUT2D eigenvalue weighted by atomic mass is 9.75. The third-order valence-electron chi connectivity index (χ3n) is 6.43. The van der Waals surface area contributed by atoms with Crippen LogP contribution in [0.15, 0.2) is 0 Å². The van der Waals surface area contributed by atoms with E-state index in [1.807, 2.05) is 0 Å². The fourth-order valence-corrected chi connectivity index (χ4v) is 4.91. The molecular weight excluding hydrogens is 244 g/mol. The second-order valence-electron chi connectivity index (χ2n) is 8.10. The number of piperazine rings is 1. The molecule has 0 aromatic carbocycles. The van der Waals surface area contributed by atoms with Gasteiger partial charge in [0.25, 0.3) is 0 Å². The third kappa shape index (κ3) is 2.66. The van der Waals surface area contributed by atoms with Crippen LogP contribution in [0.25, 0.3) is 0 Å². The van der Waals surface area contributed by atoms with Gasteiger partial charge in [0.15, 0.2) is 0 Å². The van der Waals surface area contributed by atoms with Gasteiger partial charge in [0.05, 0.1) is 0 Å². The van der Waals surface area contributed by atoms with E-state index in [1.54, 1.807) is 0 Å². The summed E-state index contributed by atoms with van der Waals surface area (Å²) >= 11 is 0. The van der Waals surface area contributed by atoms with Crippen molar-refractivity contribution in [1.82, 2.24) is 10.2 Å². The van der Waals surface area contributed by atoms with Gasteiger partial charge < -0.3 is 5.32 Å². The Kier molecular flexibility index (Phi) is 4.16. The maximum Gasteiger partial charge on any atom is 0.0337 e. The number of rotatable bonds is 4. The molecular formula is C18H34N2. The second kappa shape index (κ2) is 5.61. The molecule has 2 atom stereocenters. The first-order valence-corrected chi connectivity index (χ1v) is 9.11. The van der Waals surface area contributed by atoms with Crippen LogP contribution in [0.5, 0.6) is 0 Å². The summed E-state index contributed by atoms with van der Waals surface area (Å²) in [5.74, 6) is 0.944. The maximum absolute atomic E-state index is 4.00. The largest absolute Gasteiger partial charge is 0.308 e. The second-order valence-corrected chi connectivity index (χ2v) is 8.10. The first-order valence-electron chi connectivity index (χ1n) is 9.11. The van der Waals surface area contributed by atoms with E-state index >= 15 is 0 Å². The molecule has 116 valence electrons. The molecule has 0 aromatic heterocycles. The highest BCUT2D eigenvalue weighted by Crippen LogP contribution is 2.46. The smallest absolute Gasteiger partial charge is 0.0337 e. The lowest BCUT2D eigenvalue weighted by molar-refractivity contribution is -0.0468. The van der Waals surface area contributed by atoms with Gasteiger partial charge in [0, 0.05) is 30.2 Å². The summed E-state index contributed by atoms with van der Waals surface area (Å²) in [5.41, 5.74) is 0.881. The zero-order chi connectivity index (χ0) is 14.2. The van der Waals surface area contributed by atoms with E-state index in [4.69, 9.17) is 0 Å². The molecule has 2 heteroatoms. The standard InChI is InChI=1S/C18H34N2/c1-4-8-15(2)20-14-17(3,16-9-10-16)19-13-18(20)11-6-5-7-12-18/h15-16,19H,4-14H2,1-3H3. The zero-order valence-electron chi connectivity index (χ0n) is 13.9. The van der Waals surface area contributed by atoms with Crippen LogP contribution in [-0.2, 0) is 0 Å². The predicted octanol–water partition coefficient (Wildman–Crippen LogP) is 3.95. The monoisotopic (exact) mass is 278 g/mol. The van der Waals surface area contributed by atoms with Crippen molar-refractivity contribution >= 4 is 0 Å². The highest BCUT2D eigenvalue weighted by Gasteiger charge is 2.52. The molecule has 0 bridgehead atoms. The van der Waals surface area contributed by atoms with Crippen LogP contribution in [0, 0.1) is 5.92 Å². The van der Waals surface area contributed by atoms with Crippen molar-refractivity contribution in [3.63, 3.8) is 0 Å². The molecule has 0 radical (unpaired) electrons. The Morgan fingerprint density at radius 1 is 1.20 bits per heavy atom. The zero-order valence-corrected chi connectivity index (χ0v) is 13.9. The van der Waals surface area contributed by atoms with Crippen LogP contribution in [0.2, 0.25) is 0 Å². The van der Waals surface area contributed by atoms with Gasteiger partial charge in [-0.25, -0.2) is 0 Å². The molecule has 3 rings (SSSR count). The van der Waals surface area contributed by atoms with Crippen LogP contribution in [0.1, 0.15) is 78.6 Å². The van der Waals surface area contributed by atoms with Gasteiger partial charge in [-0.15, -0.1) is 0 Å². The van der Waals surface area contributed by atoms with Crippen LogP contribution in [-0.4, -0.2) is 35.1 Å². The fourth-order valence-electron chi connectivity index (χ4n) is 4.91. The molecule has 2 saturated carbocycles. The summed E-state index contributed by atoms with van der Waals surface area (Å²) in [6, 6.07) is 0.762. The Labute approximate surface area is 125 Å². The lowest BCUT2D eigenvalue weighted by Crippen LogP contribution is -2.71. The van der Waals surface area contributed by atoms with E-state index in [1.165, 1.54) is 70.9 Å². The van der Waals surface area contributed by atoms with Gasteiger partial charge in [-0.05, 0) is 51.9 Å². The van der Waals surface area contributed by atoms with E-state index in [0.29, 0.717) is 11.1 Å². The summed E-state index contributed by atoms with van der Waals surface area (Å²) < 4.78 is 0. The Balaban J connectivity index is 1.79. The Bertz CT molecular complexity index is 330. The molecule has 1 N–H and O–H groups in total. The van der Waals surface area contributed by atoms with Crippen LogP contribution < -0.4 is 5.32 Å². The number of nitrogens with one attached hydrogen (secondary N) is 1. The average Bonchev–Trinajstić information content (AvgIpc) is 3.28. The highest BCUT2D eigenvalue weighted by atomic mass is 15.3. The van der Waals surface area contributed by atoms with Crippen molar-refractivity contribution in [2.75, 3.05) is 13.1 Å². The Morgan fingerprint density at radius 2 is 1.90 bits per heavy atom. The molecule has 3 aliphatic rings. The van der Waals surface area contributed by atoms with Gasteiger partial charge in [-0.1, -0.05) is 32.6 Å². The van der Waals surface area contributed by atoms with Crippen LogP contribution in [0.3, 0.4) is 0 Å². The van der Waals surface area contributed by atoms with E-state index in [0.717, 1.165) is 12.0 Å². The van der Waals surface area contributed by atoms with Gasteiger partial charge in [-0.2, -0.15) is 0 Å². The van der Waals surface area contributed by atoms with Crippen LogP contribution >= 0.6 is 0 Å². The first-order chi connectivity index (χ1) is 9.60. The average molecular weight is 278 g/mol. The molecule has 3 fully saturated rings. The van der Waals surface area contributed by atoms with E-state index < -0.39 is 0 Å². The fraction of sp³-hybridized carbons (Fsp3) is 1.00. The van der Waals surface area contributed by atoms with Crippen LogP contribution in [0.4, 0.5) is 0 Å². The van der Waals surface area contributed by atoms with Gasteiger partial charge >= 0.3 is 0 Å². The lowest BCUT2D eigenvalue weighted by Gasteiger charge is -2.58. The minimum absolute atomic E-state index is 0.394. The van der Waals surface area contributed by atoms with Gasteiger partial charge in [-0.3, -0.25) is 4.90 Å². The number of nitrogens with zero attached hydrogens (tertiary/aromatic N) is 1. The molecule has 1 spiro atoms. The topological polar surface area (TPSA) is 15.3 Å². The maximum atomic E-state index is 4.00. The number of hydrogen-bond acceptors (Lipinski definition) is 2. The van der Waals surface area contributed by atoms with E-state index in [2.05, 4.69) is 31.0 Å². The first kappa shape index (κ1) is 14.8. The molecule has 1 saturated heterocycles. The SMILES string of the molecule is CCCC(C)N1CC(C)(C2CC2)NCC12CCCCC2. The minimum atomic E-state index is 0.394. The van der Waals surface area contributed by atoms with Crippen molar-refractivity contribution in [1.29, 1.82) is 0 Å². The number of hydrogen-bond donors (Lipinski definition) is 1. The van der Waals surface area contributed by atoms with Crippen molar-refractivity contribution < 1.29 is 0 Å². The Morgan fingerprint density at radius 3 is 2.50 bits per heavy atom. The van der Waals surface area contributed by atoms with Crippen molar-refractivity contribution in [2.24, 2.45) is 5.92 Å². The highest BCUT2D eigenvalue weighted by molar-refractivity contribution is 5.10. The molecule has 1 heterocycles. The normalized spacial score (nSPS) is 36.1. The molecule has 0 amide bonds. The van der Waals surface area contributed by atoms with Crippen molar-refractivity contribution in [2.45, 2.75) is 95.7 Å². The Hall–Kier alpha value is -0.0800. The van der Waals surface area contributed by atoms with E-state index in [9.17, 15) is 0 Å². The molecule has 2 unspecified atom stereocenters.